The number of hydrogen-bond donors (Lipinski definition) is 1. The Morgan fingerprint density at radius 1 is 1.10 bits per heavy atom. The van der Waals surface area contributed by atoms with Gasteiger partial charge in [0.05, 0.1) is 19.7 Å². The topological polar surface area (TPSA) is 73.0 Å². The van der Waals surface area contributed by atoms with Crippen molar-refractivity contribution in [3.8, 4) is 11.5 Å². The lowest BCUT2D eigenvalue weighted by Crippen LogP contribution is -2.28. The molecule has 2 aromatic heterocycles. The minimum absolute atomic E-state index is 0.307. The van der Waals surface area contributed by atoms with Crippen LogP contribution in [0.5, 0.6) is 11.5 Å². The molecule has 0 unspecified atom stereocenters. The molecule has 0 saturated heterocycles. The molecule has 0 spiro atoms. The maximum Gasteiger partial charge on any atom is 0.170 e. The second kappa shape index (κ2) is 9.51. The van der Waals surface area contributed by atoms with E-state index in [1.165, 1.54) is 25.7 Å². The van der Waals surface area contributed by atoms with Crippen LogP contribution >= 0.6 is 11.8 Å². The van der Waals surface area contributed by atoms with Gasteiger partial charge in [0, 0.05) is 35.6 Å². The first-order valence-electron chi connectivity index (χ1n) is 10.5. The predicted molar refractivity (Wildman–Crippen MR) is 119 cm³/mol. The van der Waals surface area contributed by atoms with Crippen LogP contribution in [0.15, 0.2) is 41.8 Å². The van der Waals surface area contributed by atoms with E-state index < -0.39 is 0 Å². The first-order valence-corrected chi connectivity index (χ1v) is 11.4. The SMILES string of the molecule is COc1cc2nc(SCc3cccnc3)n(C3CCCCCC3)c(=N)c2cc1OC. The molecule has 6 nitrogen and oxygen atoms in total. The summed E-state index contributed by atoms with van der Waals surface area (Å²) in [6.45, 7) is 0. The third kappa shape index (κ3) is 4.31. The molecule has 2 heterocycles. The maximum absolute atomic E-state index is 9.07. The number of nitrogens with one attached hydrogen (secondary N) is 1. The Kier molecular flexibility index (Phi) is 6.57. The van der Waals surface area contributed by atoms with Crippen molar-refractivity contribution in [1.82, 2.24) is 14.5 Å². The molecule has 4 rings (SSSR count). The van der Waals surface area contributed by atoms with Crippen molar-refractivity contribution < 1.29 is 9.47 Å². The summed E-state index contributed by atoms with van der Waals surface area (Å²) in [5.41, 5.74) is 2.41. The highest BCUT2D eigenvalue weighted by Gasteiger charge is 2.21. The second-order valence-corrected chi connectivity index (χ2v) is 8.58. The van der Waals surface area contributed by atoms with Gasteiger partial charge < -0.3 is 14.0 Å². The maximum atomic E-state index is 9.07. The zero-order valence-electron chi connectivity index (χ0n) is 17.6. The molecule has 1 fully saturated rings. The zero-order chi connectivity index (χ0) is 20.9. The molecule has 0 aliphatic heterocycles. The van der Waals surface area contributed by atoms with E-state index in [9.17, 15) is 0 Å². The second-order valence-electron chi connectivity index (χ2n) is 7.63. The number of methoxy groups -OCH3 is 2. The summed E-state index contributed by atoms with van der Waals surface area (Å²) in [5, 5.41) is 10.8. The van der Waals surface area contributed by atoms with Gasteiger partial charge in [0.15, 0.2) is 16.7 Å². The van der Waals surface area contributed by atoms with Gasteiger partial charge in [-0.25, -0.2) is 4.98 Å². The molecule has 1 N–H and O–H groups in total. The Morgan fingerprint density at radius 3 is 2.50 bits per heavy atom. The molecule has 0 bridgehead atoms. The number of pyridine rings is 1. The molecular weight excluding hydrogens is 396 g/mol. The number of fused-ring (bicyclic) bond motifs is 1. The molecule has 3 aromatic rings. The van der Waals surface area contributed by atoms with Crippen molar-refractivity contribution >= 4 is 22.7 Å². The normalized spacial score (nSPS) is 15.1. The first-order chi connectivity index (χ1) is 14.7. The van der Waals surface area contributed by atoms with E-state index in [1.807, 2.05) is 24.4 Å². The smallest absolute Gasteiger partial charge is 0.170 e. The third-order valence-corrected chi connectivity index (χ3v) is 6.72. The molecule has 158 valence electrons. The Morgan fingerprint density at radius 2 is 1.83 bits per heavy atom. The standard InChI is InChI=1S/C23H28N4O2S/c1-28-20-12-18-19(13-21(20)29-2)26-23(30-15-16-8-7-11-25-14-16)27(22(18)24)17-9-5-3-4-6-10-17/h7-8,11-14,17,24H,3-6,9-10,15H2,1-2H3. The van der Waals surface area contributed by atoms with Crippen LogP contribution in [0.25, 0.3) is 10.9 Å². The lowest BCUT2D eigenvalue weighted by molar-refractivity contribution is 0.355. The Balaban J connectivity index is 1.82. The average molecular weight is 425 g/mol. The highest BCUT2D eigenvalue weighted by atomic mass is 32.2. The quantitative estimate of drug-likeness (QED) is 0.338. The predicted octanol–water partition coefficient (Wildman–Crippen LogP) is 5.12. The molecule has 0 atom stereocenters. The van der Waals surface area contributed by atoms with Gasteiger partial charge >= 0.3 is 0 Å². The Hall–Kier alpha value is -2.54. The highest BCUT2D eigenvalue weighted by molar-refractivity contribution is 7.98. The van der Waals surface area contributed by atoms with Gasteiger partial charge in [0.25, 0.3) is 0 Å². The van der Waals surface area contributed by atoms with Crippen molar-refractivity contribution in [2.45, 2.75) is 55.5 Å². The number of hydrogen-bond acceptors (Lipinski definition) is 6. The number of benzene rings is 1. The van der Waals surface area contributed by atoms with E-state index >= 15 is 0 Å². The Labute approximate surface area is 181 Å². The fourth-order valence-corrected chi connectivity index (χ4v) is 5.13. The summed E-state index contributed by atoms with van der Waals surface area (Å²) in [4.78, 5) is 9.21. The molecule has 30 heavy (non-hydrogen) atoms. The van der Waals surface area contributed by atoms with E-state index in [4.69, 9.17) is 19.9 Å². The van der Waals surface area contributed by atoms with E-state index in [-0.39, 0.29) is 0 Å². The van der Waals surface area contributed by atoms with Crippen LogP contribution in [-0.4, -0.2) is 28.8 Å². The number of thioether (sulfide) groups is 1. The lowest BCUT2D eigenvalue weighted by atomic mass is 10.1. The summed E-state index contributed by atoms with van der Waals surface area (Å²) >= 11 is 1.67. The van der Waals surface area contributed by atoms with Gasteiger partial charge in [-0.15, -0.1) is 0 Å². The van der Waals surface area contributed by atoms with Gasteiger partial charge in [-0.1, -0.05) is 43.5 Å². The minimum Gasteiger partial charge on any atom is -0.493 e. The van der Waals surface area contributed by atoms with Crippen LogP contribution in [0.4, 0.5) is 0 Å². The average Bonchev–Trinajstić information content (AvgIpc) is 3.07. The van der Waals surface area contributed by atoms with Crippen LogP contribution in [0.2, 0.25) is 0 Å². The first kappa shape index (κ1) is 20.7. The minimum atomic E-state index is 0.307. The third-order valence-electron chi connectivity index (χ3n) is 5.70. The van der Waals surface area contributed by atoms with Crippen molar-refractivity contribution in [2.75, 3.05) is 14.2 Å². The Bertz CT molecular complexity index is 1060. The van der Waals surface area contributed by atoms with Crippen LogP contribution < -0.4 is 15.0 Å². The number of nitrogens with zero attached hydrogens (tertiary/aromatic N) is 3. The van der Waals surface area contributed by atoms with Crippen molar-refractivity contribution in [1.29, 1.82) is 5.41 Å². The number of rotatable bonds is 6. The van der Waals surface area contributed by atoms with E-state index in [1.54, 1.807) is 32.2 Å². The van der Waals surface area contributed by atoms with Crippen molar-refractivity contribution in [3.05, 3.63) is 47.7 Å². The van der Waals surface area contributed by atoms with Gasteiger partial charge in [0.2, 0.25) is 0 Å². The molecule has 1 aliphatic carbocycles. The van der Waals surface area contributed by atoms with E-state index in [2.05, 4.69) is 15.6 Å². The summed E-state index contributed by atoms with van der Waals surface area (Å²) < 4.78 is 13.1. The molecule has 0 amide bonds. The molecule has 1 saturated carbocycles. The van der Waals surface area contributed by atoms with Crippen molar-refractivity contribution in [3.63, 3.8) is 0 Å². The highest BCUT2D eigenvalue weighted by Crippen LogP contribution is 2.34. The fraction of sp³-hybridized carbons (Fsp3) is 0.435. The zero-order valence-corrected chi connectivity index (χ0v) is 18.4. The van der Waals surface area contributed by atoms with Crippen LogP contribution in [0, 0.1) is 5.41 Å². The summed E-state index contributed by atoms with van der Waals surface area (Å²) in [5.74, 6) is 2.03. The van der Waals surface area contributed by atoms with Crippen LogP contribution in [0.3, 0.4) is 0 Å². The number of aromatic nitrogens is 3. The molecule has 7 heteroatoms. The fourth-order valence-electron chi connectivity index (χ4n) is 4.12. The lowest BCUT2D eigenvalue weighted by Gasteiger charge is -2.23. The van der Waals surface area contributed by atoms with E-state index in [0.717, 1.165) is 40.2 Å². The number of ether oxygens (including phenoxy) is 2. The van der Waals surface area contributed by atoms with E-state index in [0.29, 0.717) is 23.0 Å². The summed E-state index contributed by atoms with van der Waals surface area (Å²) in [6.07, 6.45) is 10.8. The van der Waals surface area contributed by atoms with Gasteiger partial charge in [-0.3, -0.25) is 10.4 Å². The van der Waals surface area contributed by atoms with Gasteiger partial charge in [-0.2, -0.15) is 0 Å². The molecular formula is C23H28N4O2S. The summed E-state index contributed by atoms with van der Waals surface area (Å²) in [7, 11) is 3.25. The largest absolute Gasteiger partial charge is 0.493 e. The van der Waals surface area contributed by atoms with Crippen LogP contribution in [0.1, 0.15) is 50.1 Å². The van der Waals surface area contributed by atoms with Gasteiger partial charge in [-0.05, 0) is 30.5 Å². The molecule has 1 aromatic carbocycles. The molecule has 1 aliphatic rings. The summed E-state index contributed by atoms with van der Waals surface area (Å²) in [6, 6.07) is 8.09. The monoisotopic (exact) mass is 424 g/mol. The molecule has 0 radical (unpaired) electrons. The van der Waals surface area contributed by atoms with Crippen molar-refractivity contribution in [2.24, 2.45) is 0 Å². The van der Waals surface area contributed by atoms with Gasteiger partial charge in [0.1, 0.15) is 5.49 Å². The van der Waals surface area contributed by atoms with Crippen LogP contribution in [-0.2, 0) is 5.75 Å².